The summed E-state index contributed by atoms with van der Waals surface area (Å²) in [6.07, 6.45) is 0.619. The number of benzene rings is 2. The van der Waals surface area contributed by atoms with Crippen LogP contribution in [0.5, 0.6) is 5.75 Å². The number of aromatic nitrogens is 1. The molecule has 2 fully saturated rings. The SMILES string of the molecule is CCCCNC(=O)N(CC#N)N1CC(=O)N2[C@@H](Cc3ccc(OC(=O)N(C)C)cc3)C(=O)N(Cc3cccc4sc(N)nc34)C[C@@H]21. The highest BCUT2D eigenvalue weighted by molar-refractivity contribution is 7.22. The van der Waals surface area contributed by atoms with Crippen molar-refractivity contribution in [3.05, 3.63) is 53.6 Å². The fraction of sp³-hybridized carbons (Fsp3) is 0.419. The fourth-order valence-corrected chi connectivity index (χ4v) is 6.45. The number of para-hydroxylation sites is 1. The number of carbonyl (C=O) groups is 4. The molecule has 2 aromatic carbocycles. The number of fused-ring (bicyclic) bond motifs is 2. The van der Waals surface area contributed by atoms with Gasteiger partial charge in [0.05, 0.1) is 29.4 Å². The summed E-state index contributed by atoms with van der Waals surface area (Å²) in [4.78, 5) is 62.1. The molecule has 2 saturated heterocycles. The summed E-state index contributed by atoms with van der Waals surface area (Å²) < 4.78 is 6.22. The van der Waals surface area contributed by atoms with Crippen molar-refractivity contribution in [1.82, 2.24) is 35.0 Å². The van der Waals surface area contributed by atoms with Crippen LogP contribution < -0.4 is 15.8 Å². The second-order valence-corrected chi connectivity index (χ2v) is 12.4. The van der Waals surface area contributed by atoms with Crippen molar-refractivity contribution in [3.63, 3.8) is 0 Å². The first kappa shape index (κ1) is 32.5. The summed E-state index contributed by atoms with van der Waals surface area (Å²) in [6.45, 7) is 2.33. The highest BCUT2D eigenvalue weighted by Gasteiger charge is 2.52. The number of thiazole rings is 1. The zero-order chi connectivity index (χ0) is 33.0. The minimum absolute atomic E-state index is 0.112. The van der Waals surface area contributed by atoms with E-state index in [4.69, 9.17) is 10.5 Å². The molecule has 2 aliphatic rings. The van der Waals surface area contributed by atoms with Gasteiger partial charge in [-0.2, -0.15) is 10.3 Å². The number of ether oxygens (including phenoxy) is 1. The van der Waals surface area contributed by atoms with Crippen LogP contribution in [-0.4, -0.2) is 106 Å². The van der Waals surface area contributed by atoms with Gasteiger partial charge in [0.1, 0.15) is 24.5 Å². The van der Waals surface area contributed by atoms with Crippen molar-refractivity contribution in [3.8, 4) is 11.8 Å². The lowest BCUT2D eigenvalue weighted by Crippen LogP contribution is -2.66. The molecule has 5 rings (SSSR count). The van der Waals surface area contributed by atoms with Gasteiger partial charge < -0.3 is 30.5 Å². The Labute approximate surface area is 270 Å². The van der Waals surface area contributed by atoms with E-state index >= 15 is 0 Å². The van der Waals surface area contributed by atoms with Gasteiger partial charge in [-0.15, -0.1) is 0 Å². The lowest BCUT2D eigenvalue weighted by molar-refractivity contribution is -0.157. The summed E-state index contributed by atoms with van der Waals surface area (Å²) in [5, 5.41) is 15.7. The van der Waals surface area contributed by atoms with Crippen LogP contribution in [0.2, 0.25) is 0 Å². The number of nitrogen functional groups attached to an aromatic ring is 1. The number of anilines is 1. The molecule has 3 N–H and O–H groups in total. The molecule has 2 atom stereocenters. The number of hydrogen-bond acceptors (Lipinski definition) is 10. The molecule has 15 heteroatoms. The van der Waals surface area contributed by atoms with Gasteiger partial charge in [-0.1, -0.05) is 48.9 Å². The molecule has 3 heterocycles. The van der Waals surface area contributed by atoms with E-state index in [2.05, 4.69) is 10.3 Å². The van der Waals surface area contributed by atoms with Crippen LogP contribution in [0.1, 0.15) is 30.9 Å². The van der Waals surface area contributed by atoms with E-state index in [1.807, 2.05) is 31.2 Å². The van der Waals surface area contributed by atoms with Crippen molar-refractivity contribution < 1.29 is 23.9 Å². The van der Waals surface area contributed by atoms with Gasteiger partial charge in [-0.3, -0.25) is 9.59 Å². The third-order valence-electron chi connectivity index (χ3n) is 7.94. The molecule has 2 aliphatic heterocycles. The van der Waals surface area contributed by atoms with Crippen LogP contribution in [0.15, 0.2) is 42.5 Å². The third kappa shape index (κ3) is 6.82. The van der Waals surface area contributed by atoms with E-state index in [0.717, 1.165) is 28.7 Å². The maximum Gasteiger partial charge on any atom is 0.414 e. The zero-order valence-corrected chi connectivity index (χ0v) is 26.8. The smallest absolute Gasteiger partial charge is 0.410 e. The molecule has 242 valence electrons. The number of hydrogen-bond donors (Lipinski definition) is 2. The number of carbonyl (C=O) groups excluding carboxylic acids is 4. The minimum Gasteiger partial charge on any atom is -0.410 e. The summed E-state index contributed by atoms with van der Waals surface area (Å²) in [5.41, 5.74) is 8.25. The Balaban J connectivity index is 1.46. The van der Waals surface area contributed by atoms with Crippen LogP contribution in [0.4, 0.5) is 14.7 Å². The predicted octanol–water partition coefficient (Wildman–Crippen LogP) is 2.61. The second-order valence-electron chi connectivity index (χ2n) is 11.3. The first-order valence-corrected chi connectivity index (χ1v) is 15.8. The van der Waals surface area contributed by atoms with Crippen molar-refractivity contribution in [2.75, 3.05) is 46.0 Å². The Morgan fingerprint density at radius 1 is 1.20 bits per heavy atom. The van der Waals surface area contributed by atoms with Crippen molar-refractivity contribution in [2.24, 2.45) is 0 Å². The number of hydrazine groups is 1. The van der Waals surface area contributed by atoms with Crippen LogP contribution in [0.25, 0.3) is 10.2 Å². The first-order valence-electron chi connectivity index (χ1n) is 15.0. The molecule has 0 bridgehead atoms. The molecule has 0 spiro atoms. The highest BCUT2D eigenvalue weighted by atomic mass is 32.1. The number of rotatable bonds is 10. The molecule has 3 aromatic rings. The molecule has 5 amide bonds. The normalized spacial score (nSPS) is 18.0. The lowest BCUT2D eigenvalue weighted by Gasteiger charge is -2.46. The maximum absolute atomic E-state index is 14.2. The van der Waals surface area contributed by atoms with Gasteiger partial charge >= 0.3 is 12.1 Å². The average Bonchev–Trinajstić information content (AvgIpc) is 3.57. The van der Waals surface area contributed by atoms with Gasteiger partial charge in [-0.05, 0) is 35.7 Å². The number of nitrogens with two attached hydrogens (primary N) is 1. The first-order chi connectivity index (χ1) is 22.1. The van der Waals surface area contributed by atoms with Gasteiger partial charge in [0.25, 0.3) is 0 Å². The van der Waals surface area contributed by atoms with Crippen LogP contribution >= 0.6 is 11.3 Å². The largest absolute Gasteiger partial charge is 0.414 e. The van der Waals surface area contributed by atoms with Crippen LogP contribution in [-0.2, 0) is 22.6 Å². The predicted molar refractivity (Wildman–Crippen MR) is 171 cm³/mol. The monoisotopic (exact) mass is 647 g/mol. The number of unbranched alkanes of at least 4 members (excludes halogenated alkanes) is 1. The van der Waals surface area contributed by atoms with Gasteiger partial charge in [0.15, 0.2) is 5.13 Å². The lowest BCUT2D eigenvalue weighted by atomic mass is 9.99. The van der Waals surface area contributed by atoms with Crippen LogP contribution in [0, 0.1) is 11.3 Å². The number of nitriles is 1. The molecule has 0 radical (unpaired) electrons. The van der Waals surface area contributed by atoms with E-state index in [0.29, 0.717) is 22.9 Å². The number of nitrogens with one attached hydrogen (secondary N) is 1. The third-order valence-corrected chi connectivity index (χ3v) is 8.79. The van der Waals surface area contributed by atoms with Gasteiger partial charge in [-0.25, -0.2) is 19.6 Å². The minimum atomic E-state index is -0.891. The Kier molecular flexibility index (Phi) is 9.88. The van der Waals surface area contributed by atoms with Crippen molar-refractivity contribution in [2.45, 2.75) is 44.9 Å². The molecular formula is C31H37N9O5S. The van der Waals surface area contributed by atoms with Gasteiger partial charge in [0, 0.05) is 33.6 Å². The molecular weight excluding hydrogens is 610 g/mol. The fourth-order valence-electron chi connectivity index (χ4n) is 5.66. The van der Waals surface area contributed by atoms with E-state index in [1.54, 1.807) is 48.3 Å². The number of nitrogens with zero attached hydrogens (tertiary/aromatic N) is 7. The Bertz CT molecular complexity index is 1650. The zero-order valence-electron chi connectivity index (χ0n) is 26.0. The topological polar surface area (TPSA) is 168 Å². The van der Waals surface area contributed by atoms with E-state index in [-0.39, 0.29) is 44.4 Å². The Hall–Kier alpha value is -4.94. The number of piperazine rings is 1. The average molecular weight is 648 g/mol. The Morgan fingerprint density at radius 2 is 1.96 bits per heavy atom. The maximum atomic E-state index is 14.2. The summed E-state index contributed by atoms with van der Waals surface area (Å²) >= 11 is 1.36. The summed E-state index contributed by atoms with van der Waals surface area (Å²) in [5.74, 6) is -0.232. The molecule has 0 saturated carbocycles. The van der Waals surface area contributed by atoms with E-state index < -0.39 is 24.3 Å². The molecule has 14 nitrogen and oxygen atoms in total. The highest BCUT2D eigenvalue weighted by Crippen LogP contribution is 2.32. The summed E-state index contributed by atoms with van der Waals surface area (Å²) in [7, 11) is 3.17. The van der Waals surface area contributed by atoms with E-state index in [9.17, 15) is 24.4 Å². The molecule has 0 aliphatic carbocycles. The van der Waals surface area contributed by atoms with Crippen LogP contribution in [0.3, 0.4) is 0 Å². The van der Waals surface area contributed by atoms with Crippen molar-refractivity contribution >= 4 is 50.6 Å². The quantitative estimate of drug-likeness (QED) is 0.248. The van der Waals surface area contributed by atoms with Gasteiger partial charge in [0.2, 0.25) is 11.8 Å². The standard InChI is InChI=1S/C31H37N9O5S/c1-4-5-14-34-30(43)38(15-13-32)39-19-26(41)40-23(16-20-9-11-22(12-10-20)45-31(44)36(2)3)28(42)37(18-25(39)40)17-21-7-6-8-24-27(21)35-29(33)46-24/h6-12,23,25H,4-5,14-19H2,1-3H3,(H2,33,35)(H,34,43)/t23-,25+/m0/s1. The molecule has 1 aromatic heterocycles. The molecule has 0 unspecified atom stereocenters. The summed E-state index contributed by atoms with van der Waals surface area (Å²) in [6, 6.07) is 13.2. The second kappa shape index (κ2) is 14.0. The Morgan fingerprint density at radius 3 is 2.65 bits per heavy atom. The van der Waals surface area contributed by atoms with Crippen molar-refractivity contribution in [1.29, 1.82) is 5.26 Å². The van der Waals surface area contributed by atoms with E-state index in [1.165, 1.54) is 26.1 Å². The molecule has 46 heavy (non-hydrogen) atoms. The number of amides is 5. The number of urea groups is 1.